The summed E-state index contributed by atoms with van der Waals surface area (Å²) in [4.78, 5) is 23.2. The summed E-state index contributed by atoms with van der Waals surface area (Å²) in [5, 5.41) is 14.0. The Morgan fingerprint density at radius 3 is 2.69 bits per heavy atom. The van der Waals surface area contributed by atoms with E-state index in [-0.39, 0.29) is 18.2 Å². The minimum absolute atomic E-state index is 0.0641. The number of para-hydroxylation sites is 1. The quantitative estimate of drug-likeness (QED) is 0.753. The van der Waals surface area contributed by atoms with Crippen molar-refractivity contribution < 1.29 is 19.4 Å². The zero-order chi connectivity index (χ0) is 18.1. The highest BCUT2D eigenvalue weighted by Crippen LogP contribution is 2.44. The van der Waals surface area contributed by atoms with E-state index in [2.05, 4.69) is 5.32 Å². The second kappa shape index (κ2) is 6.52. The van der Waals surface area contributed by atoms with Crippen molar-refractivity contribution in [2.75, 3.05) is 11.9 Å². The van der Waals surface area contributed by atoms with Crippen molar-refractivity contribution in [3.8, 4) is 5.75 Å². The van der Waals surface area contributed by atoms with Crippen molar-refractivity contribution in [2.45, 2.75) is 12.3 Å². The Hall–Kier alpha value is -3.34. The number of hydrogen-bond donors (Lipinski definition) is 2. The van der Waals surface area contributed by atoms with E-state index in [1.165, 1.54) is 0 Å². The summed E-state index contributed by atoms with van der Waals surface area (Å²) in [5.41, 5.74) is 2.65. The van der Waals surface area contributed by atoms with E-state index >= 15 is 0 Å². The number of hydrogen-bond acceptors (Lipinski definition) is 3. The molecule has 3 aromatic carbocycles. The van der Waals surface area contributed by atoms with Gasteiger partial charge in [-0.3, -0.25) is 4.79 Å². The smallest absolute Gasteiger partial charge is 0.341 e. The van der Waals surface area contributed by atoms with E-state index in [0.29, 0.717) is 5.75 Å². The molecule has 5 nitrogen and oxygen atoms in total. The number of rotatable bonds is 4. The fourth-order valence-electron chi connectivity index (χ4n) is 3.57. The van der Waals surface area contributed by atoms with Crippen LogP contribution in [0.1, 0.15) is 23.5 Å². The lowest BCUT2D eigenvalue weighted by molar-refractivity contribution is -0.139. The third-order valence-electron chi connectivity index (χ3n) is 4.63. The standard InChI is InChI=1S/C21H17NO4/c23-19-11-16(15-7-3-4-8-18(15)26-12-20(24)25)21-14-6-2-1-5-13(14)9-10-17(21)22-19/h1-10,16H,11-12H2,(H,22,23)(H,24,25). The zero-order valence-corrected chi connectivity index (χ0v) is 13.9. The fourth-order valence-corrected chi connectivity index (χ4v) is 3.57. The van der Waals surface area contributed by atoms with Gasteiger partial charge in [-0.05, 0) is 28.5 Å². The van der Waals surface area contributed by atoms with Crippen LogP contribution < -0.4 is 10.1 Å². The number of benzene rings is 3. The summed E-state index contributed by atoms with van der Waals surface area (Å²) in [6.45, 7) is -0.418. The van der Waals surface area contributed by atoms with E-state index in [1.54, 1.807) is 12.1 Å². The number of aliphatic carboxylic acids is 1. The first kappa shape index (κ1) is 16.1. The van der Waals surface area contributed by atoms with Crippen molar-refractivity contribution in [2.24, 2.45) is 0 Å². The van der Waals surface area contributed by atoms with Crippen molar-refractivity contribution in [1.82, 2.24) is 0 Å². The molecule has 1 atom stereocenters. The molecule has 1 aliphatic rings. The third kappa shape index (κ3) is 2.88. The van der Waals surface area contributed by atoms with Gasteiger partial charge in [0.1, 0.15) is 5.75 Å². The lowest BCUT2D eigenvalue weighted by Gasteiger charge is -2.28. The van der Waals surface area contributed by atoms with Crippen LogP contribution in [0.4, 0.5) is 5.69 Å². The number of carbonyl (C=O) groups is 2. The highest BCUT2D eigenvalue weighted by atomic mass is 16.5. The van der Waals surface area contributed by atoms with E-state index in [0.717, 1.165) is 27.6 Å². The van der Waals surface area contributed by atoms with Crippen LogP contribution in [0.15, 0.2) is 60.7 Å². The number of ether oxygens (including phenoxy) is 1. The van der Waals surface area contributed by atoms with Crippen molar-refractivity contribution in [3.05, 3.63) is 71.8 Å². The summed E-state index contributed by atoms with van der Waals surface area (Å²) < 4.78 is 5.48. The molecule has 0 aromatic heterocycles. The van der Waals surface area contributed by atoms with Crippen molar-refractivity contribution in [3.63, 3.8) is 0 Å². The molecular weight excluding hydrogens is 330 g/mol. The molecule has 1 heterocycles. The molecule has 0 bridgehead atoms. The number of carboxylic acids is 1. The van der Waals surface area contributed by atoms with Crippen LogP contribution >= 0.6 is 0 Å². The average molecular weight is 347 g/mol. The van der Waals surface area contributed by atoms with Gasteiger partial charge in [0, 0.05) is 23.6 Å². The van der Waals surface area contributed by atoms with E-state index in [4.69, 9.17) is 9.84 Å². The highest BCUT2D eigenvalue weighted by Gasteiger charge is 2.30. The maximum Gasteiger partial charge on any atom is 0.341 e. The number of fused-ring (bicyclic) bond motifs is 3. The molecule has 0 saturated heterocycles. The molecule has 1 amide bonds. The minimum Gasteiger partial charge on any atom is -0.482 e. The van der Waals surface area contributed by atoms with Crippen molar-refractivity contribution in [1.29, 1.82) is 0 Å². The molecule has 2 N–H and O–H groups in total. The molecule has 130 valence electrons. The fraction of sp³-hybridized carbons (Fsp3) is 0.143. The Balaban J connectivity index is 1.88. The van der Waals surface area contributed by atoms with Gasteiger partial charge in [-0.15, -0.1) is 0 Å². The van der Waals surface area contributed by atoms with Gasteiger partial charge < -0.3 is 15.2 Å². The Morgan fingerprint density at radius 1 is 1.08 bits per heavy atom. The zero-order valence-electron chi connectivity index (χ0n) is 13.9. The van der Waals surface area contributed by atoms with Gasteiger partial charge in [-0.1, -0.05) is 48.5 Å². The molecule has 1 unspecified atom stereocenters. The van der Waals surface area contributed by atoms with Crippen LogP contribution in [0, 0.1) is 0 Å². The number of nitrogens with one attached hydrogen (secondary N) is 1. The van der Waals surface area contributed by atoms with E-state index < -0.39 is 12.6 Å². The third-order valence-corrected chi connectivity index (χ3v) is 4.63. The monoisotopic (exact) mass is 347 g/mol. The lowest BCUT2D eigenvalue weighted by Crippen LogP contribution is -2.24. The van der Waals surface area contributed by atoms with Crippen molar-refractivity contribution >= 4 is 28.3 Å². The summed E-state index contributed by atoms with van der Waals surface area (Å²) in [6.07, 6.45) is 0.286. The molecular formula is C21H17NO4. The first-order valence-electron chi connectivity index (χ1n) is 8.38. The number of carboxylic acid groups (broad SMARTS) is 1. The van der Waals surface area contributed by atoms with Gasteiger partial charge in [0.15, 0.2) is 6.61 Å². The minimum atomic E-state index is -1.04. The molecule has 1 aliphatic heterocycles. The Labute approximate surface area is 150 Å². The first-order valence-corrected chi connectivity index (χ1v) is 8.38. The summed E-state index contributed by atoms with van der Waals surface area (Å²) >= 11 is 0. The van der Waals surface area contributed by atoms with Gasteiger partial charge in [0.25, 0.3) is 0 Å². The number of amides is 1. The molecule has 3 aromatic rings. The molecule has 0 fully saturated rings. The summed E-state index contributed by atoms with van der Waals surface area (Å²) in [6, 6.07) is 19.3. The maximum absolute atomic E-state index is 12.3. The van der Waals surface area contributed by atoms with Crippen LogP contribution in [0.25, 0.3) is 10.8 Å². The topological polar surface area (TPSA) is 75.6 Å². The molecule has 0 saturated carbocycles. The molecule has 5 heteroatoms. The summed E-state index contributed by atoms with van der Waals surface area (Å²) in [5.74, 6) is -0.804. The highest BCUT2D eigenvalue weighted by molar-refractivity contribution is 6.01. The van der Waals surface area contributed by atoms with Crippen LogP contribution in [-0.4, -0.2) is 23.6 Å². The van der Waals surface area contributed by atoms with E-state index in [9.17, 15) is 9.59 Å². The summed E-state index contributed by atoms with van der Waals surface area (Å²) in [7, 11) is 0. The Morgan fingerprint density at radius 2 is 1.85 bits per heavy atom. The SMILES string of the molecule is O=C(O)COc1ccccc1C1CC(=O)Nc2ccc3ccccc3c21. The van der Waals surface area contributed by atoms with Gasteiger partial charge in [-0.25, -0.2) is 4.79 Å². The van der Waals surface area contributed by atoms with E-state index in [1.807, 2.05) is 48.5 Å². The average Bonchev–Trinajstić information content (AvgIpc) is 2.65. The van der Waals surface area contributed by atoms with Gasteiger partial charge in [0.2, 0.25) is 5.91 Å². The van der Waals surface area contributed by atoms with Gasteiger partial charge in [-0.2, -0.15) is 0 Å². The molecule has 0 spiro atoms. The van der Waals surface area contributed by atoms with Crippen LogP contribution in [0.5, 0.6) is 5.75 Å². The Bertz CT molecular complexity index is 1010. The normalized spacial score (nSPS) is 16.0. The van der Waals surface area contributed by atoms with Crippen LogP contribution in [0.3, 0.4) is 0 Å². The first-order chi connectivity index (χ1) is 12.6. The Kier molecular flexibility index (Phi) is 4.05. The van der Waals surface area contributed by atoms with Crippen LogP contribution in [0.2, 0.25) is 0 Å². The maximum atomic E-state index is 12.3. The predicted molar refractivity (Wildman–Crippen MR) is 98.6 cm³/mol. The molecule has 4 rings (SSSR count). The van der Waals surface area contributed by atoms with Gasteiger partial charge >= 0.3 is 5.97 Å². The lowest BCUT2D eigenvalue weighted by atomic mass is 9.81. The molecule has 0 aliphatic carbocycles. The second-order valence-electron chi connectivity index (χ2n) is 6.27. The molecule has 26 heavy (non-hydrogen) atoms. The van der Waals surface area contributed by atoms with Crippen LogP contribution in [-0.2, 0) is 9.59 Å². The largest absolute Gasteiger partial charge is 0.482 e. The molecule has 0 radical (unpaired) electrons. The number of carbonyl (C=O) groups excluding carboxylic acids is 1. The number of anilines is 1. The second-order valence-corrected chi connectivity index (χ2v) is 6.27. The predicted octanol–water partition coefficient (Wildman–Crippen LogP) is 3.78. The van der Waals surface area contributed by atoms with Gasteiger partial charge in [0.05, 0.1) is 0 Å².